The minimum absolute atomic E-state index is 0.0909. The van der Waals surface area contributed by atoms with Crippen molar-refractivity contribution in [3.63, 3.8) is 0 Å². The molecule has 0 saturated carbocycles. The van der Waals surface area contributed by atoms with Crippen LogP contribution in [0, 0.1) is 0 Å². The largest absolute Gasteiger partial charge is 0.287 e. The number of rotatable bonds is 2. The molecule has 78 valence electrons. The summed E-state index contributed by atoms with van der Waals surface area (Å²) < 4.78 is 21.7. The summed E-state index contributed by atoms with van der Waals surface area (Å²) in [7, 11) is -3.97. The summed E-state index contributed by atoms with van der Waals surface area (Å²) in [5.74, 6) is -0.898. The Labute approximate surface area is 84.4 Å². The molecule has 1 aromatic rings. The molecular formula is C6H5N5O3S. The van der Waals surface area contributed by atoms with Crippen molar-refractivity contribution in [1.29, 1.82) is 0 Å². The third kappa shape index (κ3) is 2.74. The van der Waals surface area contributed by atoms with E-state index in [1.54, 1.807) is 0 Å². The third-order valence-corrected chi connectivity index (χ3v) is 2.22. The number of carbonyl (C=O) groups is 1. The lowest BCUT2D eigenvalue weighted by Crippen LogP contribution is -2.14. The van der Waals surface area contributed by atoms with Crippen LogP contribution in [0.15, 0.2) is 28.5 Å². The van der Waals surface area contributed by atoms with Gasteiger partial charge >= 0.3 is 0 Å². The Morgan fingerprint density at radius 3 is 2.80 bits per heavy atom. The van der Waals surface area contributed by atoms with Crippen molar-refractivity contribution in [2.45, 2.75) is 5.03 Å². The van der Waals surface area contributed by atoms with Crippen molar-refractivity contribution in [3.8, 4) is 0 Å². The van der Waals surface area contributed by atoms with Crippen LogP contribution < -0.4 is 5.14 Å². The second-order valence-corrected chi connectivity index (χ2v) is 3.93. The molecule has 0 aliphatic carbocycles. The molecule has 15 heavy (non-hydrogen) atoms. The van der Waals surface area contributed by atoms with Gasteiger partial charge in [0.2, 0.25) is 5.91 Å². The summed E-state index contributed by atoms with van der Waals surface area (Å²) in [6, 6.07) is 2.15. The number of hydrogen-bond acceptors (Lipinski definition) is 4. The zero-order chi connectivity index (χ0) is 11.5. The monoisotopic (exact) mass is 227 g/mol. The fraction of sp³-hybridized carbons (Fsp3) is 0. The molecule has 0 aliphatic rings. The molecule has 1 aromatic heterocycles. The molecule has 8 nitrogen and oxygen atoms in total. The van der Waals surface area contributed by atoms with E-state index in [1.165, 1.54) is 6.07 Å². The van der Waals surface area contributed by atoms with Gasteiger partial charge in [-0.3, -0.25) is 4.79 Å². The molecule has 0 radical (unpaired) electrons. The summed E-state index contributed by atoms with van der Waals surface area (Å²) in [6.07, 6.45) is 1.08. The maximum absolute atomic E-state index is 11.0. The topological polar surface area (TPSA) is 139 Å². The number of sulfonamides is 1. The van der Waals surface area contributed by atoms with E-state index < -0.39 is 21.0 Å². The highest BCUT2D eigenvalue weighted by atomic mass is 32.2. The molecule has 0 fully saturated rings. The molecule has 0 unspecified atom stereocenters. The molecule has 0 aromatic carbocycles. The molecule has 0 atom stereocenters. The molecule has 1 amide bonds. The van der Waals surface area contributed by atoms with Crippen molar-refractivity contribution in [1.82, 2.24) is 4.98 Å². The predicted octanol–water partition coefficient (Wildman–Crippen LogP) is 0.180. The molecule has 0 bridgehead atoms. The number of azide groups is 1. The maximum atomic E-state index is 11.0. The average Bonchev–Trinajstić information content (AvgIpc) is 2.17. The van der Waals surface area contributed by atoms with Gasteiger partial charge in [-0.2, -0.15) is 0 Å². The minimum atomic E-state index is -3.97. The van der Waals surface area contributed by atoms with E-state index in [2.05, 4.69) is 15.0 Å². The highest BCUT2D eigenvalue weighted by Crippen LogP contribution is 2.07. The van der Waals surface area contributed by atoms with Gasteiger partial charge in [0.05, 0.1) is 0 Å². The van der Waals surface area contributed by atoms with Crippen molar-refractivity contribution >= 4 is 15.9 Å². The number of aromatic nitrogens is 1. The van der Waals surface area contributed by atoms with Crippen LogP contribution in [0.5, 0.6) is 0 Å². The van der Waals surface area contributed by atoms with Gasteiger partial charge in [0.25, 0.3) is 10.0 Å². The number of hydrogen-bond donors (Lipinski definition) is 1. The number of nitrogens with zero attached hydrogens (tertiary/aromatic N) is 4. The number of primary sulfonamides is 1. The second-order valence-electron chi connectivity index (χ2n) is 2.42. The van der Waals surface area contributed by atoms with Crippen LogP contribution >= 0.6 is 0 Å². The van der Waals surface area contributed by atoms with Gasteiger partial charge in [-0.1, -0.05) is 0 Å². The Balaban J connectivity index is 3.25. The van der Waals surface area contributed by atoms with Gasteiger partial charge in [-0.05, 0) is 22.8 Å². The minimum Gasteiger partial charge on any atom is -0.287 e. The van der Waals surface area contributed by atoms with E-state index in [0.717, 1.165) is 12.3 Å². The van der Waals surface area contributed by atoms with Gasteiger partial charge in [-0.15, -0.1) is 0 Å². The first-order chi connectivity index (χ1) is 6.95. The van der Waals surface area contributed by atoms with Crippen LogP contribution in [0.4, 0.5) is 0 Å². The first-order valence-electron chi connectivity index (χ1n) is 3.53. The highest BCUT2D eigenvalue weighted by molar-refractivity contribution is 7.89. The van der Waals surface area contributed by atoms with E-state index in [1.807, 2.05) is 0 Å². The molecule has 0 aliphatic heterocycles. The van der Waals surface area contributed by atoms with Crippen LogP contribution in [-0.2, 0) is 10.0 Å². The van der Waals surface area contributed by atoms with Gasteiger partial charge in [0.1, 0.15) is 0 Å². The Morgan fingerprint density at radius 1 is 1.60 bits per heavy atom. The molecule has 9 heteroatoms. The SMILES string of the molecule is [N-]=[N+]=NC(=O)c1ccnc(S(N)(=O)=O)c1. The number of carbonyl (C=O) groups excluding carboxylic acids is 1. The van der Waals surface area contributed by atoms with Crippen molar-refractivity contribution in [2.24, 2.45) is 10.3 Å². The highest BCUT2D eigenvalue weighted by Gasteiger charge is 2.12. The van der Waals surface area contributed by atoms with E-state index in [9.17, 15) is 13.2 Å². The molecule has 0 saturated heterocycles. The standard InChI is InChI=1S/C6H5N5O3S/c7-11-10-6(12)4-1-2-9-5(3-4)15(8,13)14/h1-3H,(H2,8,13,14). The molecule has 2 N–H and O–H groups in total. The van der Waals surface area contributed by atoms with Crippen LogP contribution in [0.3, 0.4) is 0 Å². The van der Waals surface area contributed by atoms with Crippen LogP contribution in [-0.4, -0.2) is 19.3 Å². The van der Waals surface area contributed by atoms with E-state index in [4.69, 9.17) is 10.7 Å². The van der Waals surface area contributed by atoms with Gasteiger partial charge in [0, 0.05) is 16.7 Å². The lowest BCUT2D eigenvalue weighted by atomic mass is 10.3. The van der Waals surface area contributed by atoms with E-state index >= 15 is 0 Å². The Kier molecular flexibility index (Phi) is 3.00. The smallest absolute Gasteiger partial charge is 0.255 e. The number of pyridine rings is 1. The summed E-state index contributed by atoms with van der Waals surface area (Å²) in [4.78, 5) is 16.8. The summed E-state index contributed by atoms with van der Waals surface area (Å²) >= 11 is 0. The van der Waals surface area contributed by atoms with Crippen molar-refractivity contribution < 1.29 is 13.2 Å². The van der Waals surface area contributed by atoms with Crippen LogP contribution in [0.25, 0.3) is 10.4 Å². The van der Waals surface area contributed by atoms with Gasteiger partial charge < -0.3 is 0 Å². The zero-order valence-corrected chi connectivity index (χ0v) is 8.05. The van der Waals surface area contributed by atoms with Crippen LogP contribution in [0.2, 0.25) is 0 Å². The molecule has 1 rings (SSSR count). The summed E-state index contributed by atoms with van der Waals surface area (Å²) in [6.45, 7) is 0. The number of amides is 1. The van der Waals surface area contributed by atoms with Crippen LogP contribution in [0.1, 0.15) is 10.4 Å². The van der Waals surface area contributed by atoms with Gasteiger partial charge in [-0.25, -0.2) is 18.5 Å². The van der Waals surface area contributed by atoms with Crippen molar-refractivity contribution in [3.05, 3.63) is 34.3 Å². The summed E-state index contributed by atoms with van der Waals surface area (Å²) in [5, 5.41) is 7.13. The zero-order valence-electron chi connectivity index (χ0n) is 7.23. The molecule has 0 spiro atoms. The normalized spacial score (nSPS) is 10.5. The quantitative estimate of drug-likeness (QED) is 0.437. The summed E-state index contributed by atoms with van der Waals surface area (Å²) in [5.41, 5.74) is 7.92. The first kappa shape index (κ1) is 11.1. The van der Waals surface area contributed by atoms with Crippen molar-refractivity contribution in [2.75, 3.05) is 0 Å². The predicted molar refractivity (Wildman–Crippen MR) is 49.1 cm³/mol. The first-order valence-corrected chi connectivity index (χ1v) is 5.08. The fourth-order valence-electron chi connectivity index (χ4n) is 0.796. The van der Waals surface area contributed by atoms with Gasteiger partial charge in [0.15, 0.2) is 5.03 Å². The second kappa shape index (κ2) is 4.05. The third-order valence-electron chi connectivity index (χ3n) is 1.41. The molecular weight excluding hydrogens is 222 g/mol. The fourth-order valence-corrected chi connectivity index (χ4v) is 1.30. The lowest BCUT2D eigenvalue weighted by Gasteiger charge is -1.98. The Bertz CT molecular complexity index is 546. The number of nitrogens with two attached hydrogens (primary N) is 1. The Morgan fingerprint density at radius 2 is 2.27 bits per heavy atom. The molecule has 1 heterocycles. The Hall–Kier alpha value is -1.96. The van der Waals surface area contributed by atoms with E-state index in [-0.39, 0.29) is 5.56 Å². The lowest BCUT2D eigenvalue weighted by molar-refractivity contribution is 0.1000. The van der Waals surface area contributed by atoms with E-state index in [0.29, 0.717) is 0 Å². The average molecular weight is 227 g/mol. The maximum Gasteiger partial charge on any atom is 0.255 e.